The summed E-state index contributed by atoms with van der Waals surface area (Å²) in [6.07, 6.45) is 0. The number of aryl methyl sites for hydroxylation is 1. The lowest BCUT2D eigenvalue weighted by Gasteiger charge is -2.09. The predicted octanol–water partition coefficient (Wildman–Crippen LogP) is 4.87. The van der Waals surface area contributed by atoms with Crippen LogP contribution in [0.15, 0.2) is 60.7 Å². The fourth-order valence-electron chi connectivity index (χ4n) is 1.99. The number of ether oxygens (including phenoxy) is 1. The molecular weight excluding hydrogens is 340 g/mol. The molecule has 0 bridgehead atoms. The Kier molecular flexibility index (Phi) is 5.11. The zero-order chi connectivity index (χ0) is 17.6. The summed E-state index contributed by atoms with van der Waals surface area (Å²) < 4.78 is 5.59. The Morgan fingerprint density at radius 2 is 1.48 bits per heavy atom. The van der Waals surface area contributed by atoms with Crippen molar-refractivity contribution in [3.63, 3.8) is 0 Å². The van der Waals surface area contributed by atoms with Gasteiger partial charge in [0, 0.05) is 22.5 Å². The summed E-state index contributed by atoms with van der Waals surface area (Å²) in [6, 6.07) is 17.0. The van der Waals surface area contributed by atoms with E-state index in [0.29, 0.717) is 28.0 Å². The van der Waals surface area contributed by atoms with Crippen molar-refractivity contribution >= 4 is 29.0 Å². The average Bonchev–Trinajstić information content (AvgIpc) is 2.61. The Hall–Kier alpha value is -3.12. The minimum atomic E-state index is -0.347. The van der Waals surface area contributed by atoms with Gasteiger partial charge in [-0.25, -0.2) is 4.79 Å². The van der Waals surface area contributed by atoms with Crippen molar-refractivity contribution in [3.05, 3.63) is 71.4 Å². The number of benzene rings is 2. The second-order valence-electron chi connectivity index (χ2n) is 5.23. The molecule has 0 aliphatic heterocycles. The van der Waals surface area contributed by atoms with Gasteiger partial charge in [0.1, 0.15) is 5.75 Å². The summed E-state index contributed by atoms with van der Waals surface area (Å²) in [6.45, 7) is 1.85. The Morgan fingerprint density at radius 1 is 0.880 bits per heavy atom. The van der Waals surface area contributed by atoms with E-state index in [9.17, 15) is 4.79 Å². The third kappa shape index (κ3) is 4.92. The number of hydrogen-bond acceptors (Lipinski definition) is 4. The zero-order valence-electron chi connectivity index (χ0n) is 13.4. The largest absolute Gasteiger partial charge is 0.438 e. The van der Waals surface area contributed by atoms with Gasteiger partial charge in [-0.3, -0.25) is 0 Å². The van der Waals surface area contributed by atoms with Gasteiger partial charge in [0.25, 0.3) is 0 Å². The van der Waals surface area contributed by atoms with E-state index in [1.807, 2.05) is 13.0 Å². The smallest absolute Gasteiger partial charge is 0.323 e. The van der Waals surface area contributed by atoms with Crippen LogP contribution < -0.4 is 15.4 Å². The molecule has 0 unspecified atom stereocenters. The third-order valence-electron chi connectivity index (χ3n) is 3.21. The lowest BCUT2D eigenvalue weighted by Crippen LogP contribution is -2.19. The van der Waals surface area contributed by atoms with E-state index in [4.69, 9.17) is 16.3 Å². The molecule has 0 fully saturated rings. The maximum atomic E-state index is 12.0. The summed E-state index contributed by atoms with van der Waals surface area (Å²) in [7, 11) is 0. The minimum Gasteiger partial charge on any atom is -0.438 e. The molecule has 1 aromatic heterocycles. The normalized spacial score (nSPS) is 10.2. The van der Waals surface area contributed by atoms with Crippen LogP contribution in [0, 0.1) is 6.92 Å². The van der Waals surface area contributed by atoms with E-state index < -0.39 is 0 Å². The Labute approximate surface area is 149 Å². The second kappa shape index (κ2) is 7.63. The highest BCUT2D eigenvalue weighted by Gasteiger charge is 2.04. The first-order valence-corrected chi connectivity index (χ1v) is 7.88. The molecule has 2 N–H and O–H groups in total. The lowest BCUT2D eigenvalue weighted by atomic mass is 10.3. The third-order valence-corrected chi connectivity index (χ3v) is 3.46. The summed E-state index contributed by atoms with van der Waals surface area (Å²) in [5.74, 6) is 1.01. The zero-order valence-corrected chi connectivity index (χ0v) is 14.1. The van der Waals surface area contributed by atoms with E-state index >= 15 is 0 Å². The van der Waals surface area contributed by atoms with Crippen LogP contribution >= 0.6 is 11.6 Å². The van der Waals surface area contributed by atoms with Gasteiger partial charge in [-0.05, 0) is 61.5 Å². The van der Waals surface area contributed by atoms with Crippen molar-refractivity contribution in [1.29, 1.82) is 0 Å². The Bertz CT molecular complexity index is 850. The van der Waals surface area contributed by atoms with Gasteiger partial charge in [0.15, 0.2) is 0 Å². The van der Waals surface area contributed by atoms with Gasteiger partial charge in [-0.1, -0.05) is 11.6 Å². The van der Waals surface area contributed by atoms with E-state index in [1.165, 1.54) is 0 Å². The van der Waals surface area contributed by atoms with E-state index in [-0.39, 0.29) is 6.03 Å². The molecule has 2 aromatic carbocycles. The van der Waals surface area contributed by atoms with Crippen LogP contribution in [0.5, 0.6) is 11.6 Å². The number of carbonyl (C=O) groups is 1. The molecular formula is C18H15ClN4O2. The van der Waals surface area contributed by atoms with Crippen LogP contribution in [0.25, 0.3) is 0 Å². The van der Waals surface area contributed by atoms with Crippen LogP contribution in [0.1, 0.15) is 5.69 Å². The fraction of sp³-hybridized carbons (Fsp3) is 0.0556. The van der Waals surface area contributed by atoms with Gasteiger partial charge < -0.3 is 15.4 Å². The second-order valence-corrected chi connectivity index (χ2v) is 5.66. The van der Waals surface area contributed by atoms with Gasteiger partial charge in [-0.2, -0.15) is 5.10 Å². The standard InChI is InChI=1S/C18H15ClN4O2/c1-12-2-11-17(23-22-12)25-16-9-7-15(8-10-16)21-18(24)20-14-5-3-13(19)4-6-14/h2-11H,1H3,(H2,20,21,24). The van der Waals surface area contributed by atoms with Crippen molar-refractivity contribution in [3.8, 4) is 11.6 Å². The molecule has 0 saturated heterocycles. The molecule has 2 amide bonds. The number of carbonyl (C=O) groups excluding carboxylic acids is 1. The molecule has 0 radical (unpaired) electrons. The molecule has 25 heavy (non-hydrogen) atoms. The summed E-state index contributed by atoms with van der Waals surface area (Å²) in [4.78, 5) is 12.0. The molecule has 0 aliphatic carbocycles. The summed E-state index contributed by atoms with van der Waals surface area (Å²) in [5, 5.41) is 13.9. The topological polar surface area (TPSA) is 76.1 Å². The van der Waals surface area contributed by atoms with E-state index in [2.05, 4.69) is 20.8 Å². The van der Waals surface area contributed by atoms with Crippen molar-refractivity contribution in [2.45, 2.75) is 6.92 Å². The van der Waals surface area contributed by atoms with Crippen LogP contribution in [-0.2, 0) is 0 Å². The van der Waals surface area contributed by atoms with Gasteiger partial charge >= 0.3 is 6.03 Å². The molecule has 1 heterocycles. The molecule has 0 saturated carbocycles. The highest BCUT2D eigenvalue weighted by Crippen LogP contribution is 2.21. The number of aromatic nitrogens is 2. The molecule has 0 aliphatic rings. The quantitative estimate of drug-likeness (QED) is 0.700. The maximum absolute atomic E-state index is 12.0. The lowest BCUT2D eigenvalue weighted by molar-refractivity contribution is 0.262. The van der Waals surface area contributed by atoms with Crippen LogP contribution in [0.3, 0.4) is 0 Å². The fourth-order valence-corrected chi connectivity index (χ4v) is 2.12. The van der Waals surface area contributed by atoms with Gasteiger partial charge in [0.05, 0.1) is 5.69 Å². The Morgan fingerprint density at radius 3 is 2.04 bits per heavy atom. The SMILES string of the molecule is Cc1ccc(Oc2ccc(NC(=O)Nc3ccc(Cl)cc3)cc2)nn1. The van der Waals surface area contributed by atoms with Crippen molar-refractivity contribution in [2.75, 3.05) is 10.6 Å². The van der Waals surface area contributed by atoms with Crippen molar-refractivity contribution in [1.82, 2.24) is 10.2 Å². The Balaban J connectivity index is 1.57. The highest BCUT2D eigenvalue weighted by molar-refractivity contribution is 6.30. The molecule has 0 spiro atoms. The maximum Gasteiger partial charge on any atom is 0.323 e. The number of hydrogen-bond donors (Lipinski definition) is 2. The number of urea groups is 1. The molecule has 126 valence electrons. The first kappa shape index (κ1) is 16.7. The molecule has 7 heteroatoms. The van der Waals surface area contributed by atoms with Crippen molar-refractivity contribution < 1.29 is 9.53 Å². The molecule has 0 atom stereocenters. The predicted molar refractivity (Wildman–Crippen MR) is 97.4 cm³/mol. The van der Waals surface area contributed by atoms with E-state index in [0.717, 1.165) is 5.69 Å². The minimum absolute atomic E-state index is 0.347. The first-order chi connectivity index (χ1) is 12.1. The number of rotatable bonds is 4. The number of nitrogens with zero attached hydrogens (tertiary/aromatic N) is 2. The van der Waals surface area contributed by atoms with Gasteiger partial charge in [-0.15, -0.1) is 5.10 Å². The summed E-state index contributed by atoms with van der Waals surface area (Å²) >= 11 is 5.81. The van der Waals surface area contributed by atoms with Crippen molar-refractivity contribution in [2.24, 2.45) is 0 Å². The molecule has 6 nitrogen and oxygen atoms in total. The highest BCUT2D eigenvalue weighted by atomic mass is 35.5. The average molecular weight is 355 g/mol. The first-order valence-electron chi connectivity index (χ1n) is 7.50. The van der Waals surface area contributed by atoms with E-state index in [1.54, 1.807) is 54.6 Å². The molecule has 3 rings (SSSR count). The van der Waals surface area contributed by atoms with Gasteiger partial charge in [0.2, 0.25) is 5.88 Å². The number of amides is 2. The molecule has 3 aromatic rings. The number of nitrogens with one attached hydrogen (secondary N) is 2. The number of halogens is 1. The van der Waals surface area contributed by atoms with Crippen LogP contribution in [-0.4, -0.2) is 16.2 Å². The number of anilines is 2. The summed E-state index contributed by atoms with van der Waals surface area (Å²) in [5.41, 5.74) is 2.10. The van der Waals surface area contributed by atoms with Crippen LogP contribution in [0.4, 0.5) is 16.2 Å². The monoisotopic (exact) mass is 354 g/mol. The van der Waals surface area contributed by atoms with Crippen LogP contribution in [0.2, 0.25) is 5.02 Å².